The van der Waals surface area contributed by atoms with Crippen molar-refractivity contribution < 1.29 is 23.9 Å². The lowest BCUT2D eigenvalue weighted by atomic mass is 9.87. The molecule has 0 bridgehead atoms. The van der Waals surface area contributed by atoms with Gasteiger partial charge in [0, 0.05) is 36.3 Å². The first-order valence-electron chi connectivity index (χ1n) is 17.1. The average Bonchev–Trinajstić information content (AvgIpc) is 3.66. The third-order valence-corrected chi connectivity index (χ3v) is 9.31. The van der Waals surface area contributed by atoms with E-state index in [-0.39, 0.29) is 36.1 Å². The maximum Gasteiger partial charge on any atom is 0.410 e. The zero-order valence-electron chi connectivity index (χ0n) is 30.0. The molecule has 4 aromatic rings. The monoisotopic (exact) mass is 701 g/mol. The summed E-state index contributed by atoms with van der Waals surface area (Å²) < 4.78 is 13.5. The van der Waals surface area contributed by atoms with E-state index in [1.165, 1.54) is 0 Å². The number of benzene rings is 3. The Labute approximate surface area is 299 Å². The standard InChI is InChI=1S/C39H48ClN5O5/c1-26(38(2,3)4)44(36(47)49-25-27-12-9-8-10-13-27)23-28-15-20-33-32(22-28)41-35(42-34(46)29-16-18-30(40)19-17-29)45(33)24-31-14-11-21-43(31)37(48)50-39(5,6)7/h8-10,12-13,15-20,22,26,31H,11,14,21,23-25H2,1-7H3,(H,41,42,46)/t26-,31?/m0/s1. The molecule has 2 heterocycles. The van der Waals surface area contributed by atoms with E-state index in [4.69, 9.17) is 26.1 Å². The Bertz CT molecular complexity index is 1810. The maximum absolute atomic E-state index is 13.6. The largest absolute Gasteiger partial charge is 0.445 e. The number of nitrogens with zero attached hydrogens (tertiary/aromatic N) is 4. The Morgan fingerprint density at radius 3 is 2.34 bits per heavy atom. The number of amides is 3. The van der Waals surface area contributed by atoms with E-state index in [1.807, 2.05) is 80.8 Å². The van der Waals surface area contributed by atoms with Crippen LogP contribution in [0.4, 0.5) is 15.5 Å². The summed E-state index contributed by atoms with van der Waals surface area (Å²) in [5.41, 5.74) is 2.82. The van der Waals surface area contributed by atoms with Gasteiger partial charge < -0.3 is 23.8 Å². The zero-order valence-corrected chi connectivity index (χ0v) is 30.8. The van der Waals surface area contributed by atoms with Crippen LogP contribution in [0.3, 0.4) is 0 Å². The molecule has 1 N–H and O–H groups in total. The lowest BCUT2D eigenvalue weighted by molar-refractivity contribution is 0.0214. The number of fused-ring (bicyclic) bond motifs is 1. The Hall–Kier alpha value is -4.57. The topological polar surface area (TPSA) is 106 Å². The highest BCUT2D eigenvalue weighted by atomic mass is 35.5. The highest BCUT2D eigenvalue weighted by molar-refractivity contribution is 6.30. The first-order valence-corrected chi connectivity index (χ1v) is 17.5. The molecule has 1 aliphatic heterocycles. The molecule has 0 saturated carbocycles. The molecule has 2 atom stereocenters. The molecule has 266 valence electrons. The van der Waals surface area contributed by atoms with Crippen molar-refractivity contribution in [2.45, 2.75) is 98.7 Å². The molecule has 0 spiro atoms. The van der Waals surface area contributed by atoms with Gasteiger partial charge in [-0.05, 0) is 93.5 Å². The number of hydrogen-bond acceptors (Lipinski definition) is 6. The van der Waals surface area contributed by atoms with Crippen molar-refractivity contribution in [1.82, 2.24) is 19.4 Å². The van der Waals surface area contributed by atoms with Crippen LogP contribution in [0.5, 0.6) is 0 Å². The number of hydrogen-bond donors (Lipinski definition) is 1. The molecule has 1 unspecified atom stereocenters. The van der Waals surface area contributed by atoms with E-state index in [2.05, 4.69) is 26.1 Å². The van der Waals surface area contributed by atoms with Crippen LogP contribution < -0.4 is 5.32 Å². The van der Waals surface area contributed by atoms with Gasteiger partial charge in [0.2, 0.25) is 5.95 Å². The van der Waals surface area contributed by atoms with Crippen LogP contribution in [-0.2, 0) is 29.2 Å². The Morgan fingerprint density at radius 1 is 0.980 bits per heavy atom. The summed E-state index contributed by atoms with van der Waals surface area (Å²) in [7, 11) is 0. The maximum atomic E-state index is 13.6. The quantitative estimate of drug-likeness (QED) is 0.187. The minimum absolute atomic E-state index is 0.144. The van der Waals surface area contributed by atoms with Crippen molar-refractivity contribution in [3.63, 3.8) is 0 Å². The molecular weight excluding hydrogens is 654 g/mol. The predicted molar refractivity (Wildman–Crippen MR) is 196 cm³/mol. The summed E-state index contributed by atoms with van der Waals surface area (Å²) in [6.45, 7) is 15.4. The van der Waals surface area contributed by atoms with E-state index < -0.39 is 11.7 Å². The number of rotatable bonds is 9. The van der Waals surface area contributed by atoms with E-state index >= 15 is 0 Å². The van der Waals surface area contributed by atoms with E-state index in [9.17, 15) is 14.4 Å². The van der Waals surface area contributed by atoms with Gasteiger partial charge in [0.1, 0.15) is 12.2 Å². The molecule has 0 radical (unpaired) electrons. The van der Waals surface area contributed by atoms with Crippen LogP contribution in [0.1, 0.15) is 82.8 Å². The number of aromatic nitrogens is 2. The Morgan fingerprint density at radius 2 is 1.68 bits per heavy atom. The minimum atomic E-state index is -0.619. The van der Waals surface area contributed by atoms with Gasteiger partial charge in [-0.25, -0.2) is 14.6 Å². The minimum Gasteiger partial charge on any atom is -0.445 e. The molecule has 1 aromatic heterocycles. The third-order valence-electron chi connectivity index (χ3n) is 9.06. The van der Waals surface area contributed by atoms with Gasteiger partial charge in [-0.3, -0.25) is 10.1 Å². The number of ether oxygens (including phenoxy) is 2. The second-order valence-corrected chi connectivity index (χ2v) is 15.4. The summed E-state index contributed by atoms with van der Waals surface area (Å²) in [4.78, 5) is 48.5. The van der Waals surface area contributed by atoms with Crippen molar-refractivity contribution in [2.24, 2.45) is 5.41 Å². The van der Waals surface area contributed by atoms with Crippen molar-refractivity contribution in [1.29, 1.82) is 0 Å². The van der Waals surface area contributed by atoms with Gasteiger partial charge in [-0.1, -0.05) is 68.8 Å². The first kappa shape index (κ1) is 36.7. The highest BCUT2D eigenvalue weighted by Gasteiger charge is 2.34. The predicted octanol–water partition coefficient (Wildman–Crippen LogP) is 8.91. The normalized spacial score (nSPS) is 15.5. The third kappa shape index (κ3) is 9.15. The summed E-state index contributed by atoms with van der Waals surface area (Å²) in [5.74, 6) is 0.0236. The fraction of sp³-hybridized carbons (Fsp3) is 0.436. The Balaban J connectivity index is 1.46. The average molecular weight is 702 g/mol. The van der Waals surface area contributed by atoms with Crippen molar-refractivity contribution in [3.05, 3.63) is 94.5 Å². The molecule has 5 rings (SSSR count). The lowest BCUT2D eigenvalue weighted by Gasteiger charge is -2.37. The number of imidazole rings is 1. The molecule has 50 heavy (non-hydrogen) atoms. The SMILES string of the molecule is C[C@H](N(Cc1ccc2c(c1)nc(NC(=O)c1ccc(Cl)cc1)n2CC1CCCN1C(=O)OC(C)(C)C)C(=O)OCc1ccccc1)C(C)(C)C. The van der Waals surface area contributed by atoms with Crippen LogP contribution in [0.2, 0.25) is 5.02 Å². The molecule has 0 aliphatic carbocycles. The van der Waals surface area contributed by atoms with Crippen LogP contribution in [0.15, 0.2) is 72.8 Å². The van der Waals surface area contributed by atoms with E-state index in [0.29, 0.717) is 41.7 Å². The van der Waals surface area contributed by atoms with Gasteiger partial charge >= 0.3 is 12.2 Å². The second kappa shape index (κ2) is 15.1. The number of halogens is 1. The van der Waals surface area contributed by atoms with Crippen LogP contribution in [-0.4, -0.2) is 61.7 Å². The molecule has 1 aliphatic rings. The molecule has 11 heteroatoms. The van der Waals surface area contributed by atoms with Gasteiger partial charge in [0.25, 0.3) is 5.91 Å². The zero-order chi connectivity index (χ0) is 36.2. The van der Waals surface area contributed by atoms with Gasteiger partial charge in [0.05, 0.1) is 17.1 Å². The van der Waals surface area contributed by atoms with Gasteiger partial charge in [-0.2, -0.15) is 0 Å². The highest BCUT2D eigenvalue weighted by Crippen LogP contribution is 2.30. The van der Waals surface area contributed by atoms with Gasteiger partial charge in [0.15, 0.2) is 0 Å². The van der Waals surface area contributed by atoms with Crippen LogP contribution in [0, 0.1) is 5.41 Å². The van der Waals surface area contributed by atoms with Crippen molar-refractivity contribution in [3.8, 4) is 0 Å². The fourth-order valence-electron chi connectivity index (χ4n) is 5.95. The van der Waals surface area contributed by atoms with Crippen molar-refractivity contribution >= 4 is 46.7 Å². The van der Waals surface area contributed by atoms with Crippen LogP contribution in [0.25, 0.3) is 11.0 Å². The molecule has 3 amide bonds. The Kier molecular flexibility index (Phi) is 11.1. The number of carbonyl (C=O) groups excluding carboxylic acids is 3. The second-order valence-electron chi connectivity index (χ2n) is 15.0. The smallest absolute Gasteiger partial charge is 0.410 e. The molecule has 3 aromatic carbocycles. The number of carbonyl (C=O) groups is 3. The fourth-order valence-corrected chi connectivity index (χ4v) is 6.08. The molecule has 10 nitrogen and oxygen atoms in total. The number of anilines is 1. The number of nitrogens with one attached hydrogen (secondary N) is 1. The van der Waals surface area contributed by atoms with E-state index in [0.717, 1.165) is 29.5 Å². The number of likely N-dealkylation sites (tertiary alicyclic amines) is 1. The van der Waals surface area contributed by atoms with E-state index in [1.54, 1.807) is 34.1 Å². The summed E-state index contributed by atoms with van der Waals surface area (Å²) >= 11 is 6.07. The lowest BCUT2D eigenvalue weighted by Crippen LogP contribution is -2.45. The van der Waals surface area contributed by atoms with Crippen LogP contribution >= 0.6 is 11.6 Å². The molecule has 1 fully saturated rings. The molecular formula is C39H48ClN5O5. The summed E-state index contributed by atoms with van der Waals surface area (Å²) in [5, 5.41) is 3.52. The summed E-state index contributed by atoms with van der Waals surface area (Å²) in [6.07, 6.45) is 0.869. The first-order chi connectivity index (χ1) is 23.6. The van der Waals surface area contributed by atoms with Crippen molar-refractivity contribution in [2.75, 3.05) is 11.9 Å². The van der Waals surface area contributed by atoms with Gasteiger partial charge in [-0.15, -0.1) is 0 Å². The summed E-state index contributed by atoms with van der Waals surface area (Å²) in [6, 6.07) is 21.8. The molecule has 1 saturated heterocycles.